The lowest BCUT2D eigenvalue weighted by Gasteiger charge is -2.36. The van der Waals surface area contributed by atoms with E-state index in [9.17, 15) is 19.7 Å². The third-order valence-corrected chi connectivity index (χ3v) is 5.56. The summed E-state index contributed by atoms with van der Waals surface area (Å²) in [5.74, 6) is -0.374. The molecule has 32 heavy (non-hydrogen) atoms. The van der Waals surface area contributed by atoms with Gasteiger partial charge in [0.2, 0.25) is 0 Å². The number of rotatable bonds is 7. The molecule has 0 bridgehead atoms. The van der Waals surface area contributed by atoms with E-state index in [-0.39, 0.29) is 17.1 Å². The molecule has 2 aromatic carbocycles. The molecule has 166 valence electrons. The minimum atomic E-state index is -0.395. The summed E-state index contributed by atoms with van der Waals surface area (Å²) in [5.41, 5.74) is 1.25. The fourth-order valence-electron chi connectivity index (χ4n) is 3.80. The van der Waals surface area contributed by atoms with Gasteiger partial charge in [-0.05, 0) is 37.2 Å². The second-order valence-electron chi connectivity index (χ2n) is 7.64. The first-order chi connectivity index (χ1) is 15.5. The number of nitro benzene ring substituents is 1. The van der Waals surface area contributed by atoms with Gasteiger partial charge in [-0.3, -0.25) is 24.6 Å². The summed E-state index contributed by atoms with van der Waals surface area (Å²) in [7, 11) is 0. The Hall–Kier alpha value is -3.79. The molecule has 0 aliphatic carbocycles. The lowest BCUT2D eigenvalue weighted by Crippen LogP contribution is -2.47. The summed E-state index contributed by atoms with van der Waals surface area (Å²) >= 11 is 0. The quantitative estimate of drug-likeness (QED) is 0.329. The zero-order valence-corrected chi connectivity index (χ0v) is 17.5. The van der Waals surface area contributed by atoms with Gasteiger partial charge < -0.3 is 15.2 Å². The Morgan fingerprint density at radius 2 is 1.81 bits per heavy atom. The van der Waals surface area contributed by atoms with E-state index in [1.165, 1.54) is 12.1 Å². The summed E-state index contributed by atoms with van der Waals surface area (Å²) in [4.78, 5) is 46.2. The number of amides is 1. The molecule has 2 heterocycles. The summed E-state index contributed by atoms with van der Waals surface area (Å²) in [5, 5.41) is 14.1. The van der Waals surface area contributed by atoms with Gasteiger partial charge in [0.1, 0.15) is 0 Å². The van der Waals surface area contributed by atoms with Gasteiger partial charge in [0.05, 0.1) is 15.8 Å². The average Bonchev–Trinajstić information content (AvgIpc) is 2.82. The van der Waals surface area contributed by atoms with Gasteiger partial charge in [0, 0.05) is 50.5 Å². The Morgan fingerprint density at radius 1 is 1.09 bits per heavy atom. The highest BCUT2D eigenvalue weighted by atomic mass is 16.6. The fraction of sp³-hybridized carbons (Fsp3) is 0.318. The van der Waals surface area contributed by atoms with E-state index in [4.69, 9.17) is 0 Å². The molecule has 10 nitrogen and oxygen atoms in total. The number of nitro groups is 1. The maximum Gasteiger partial charge on any atom is 0.287 e. The summed E-state index contributed by atoms with van der Waals surface area (Å²) in [6, 6.07) is 13.5. The molecule has 0 saturated carbocycles. The van der Waals surface area contributed by atoms with Gasteiger partial charge in [0.25, 0.3) is 17.2 Å². The van der Waals surface area contributed by atoms with Crippen LogP contribution < -0.4 is 15.8 Å². The van der Waals surface area contributed by atoms with Gasteiger partial charge >= 0.3 is 0 Å². The molecule has 1 aromatic heterocycles. The van der Waals surface area contributed by atoms with Gasteiger partial charge in [0.15, 0.2) is 5.82 Å². The van der Waals surface area contributed by atoms with Crippen LogP contribution in [0.4, 0.5) is 11.4 Å². The number of non-ortho nitro benzene ring substituents is 1. The lowest BCUT2D eigenvalue weighted by molar-refractivity contribution is -0.384. The largest absolute Gasteiger partial charge is 0.369 e. The van der Waals surface area contributed by atoms with Gasteiger partial charge in [-0.25, -0.2) is 4.98 Å². The Morgan fingerprint density at radius 3 is 2.53 bits per heavy atom. The molecule has 10 heteroatoms. The Labute approximate surface area is 184 Å². The number of nitrogens with one attached hydrogen (secondary N) is 2. The smallest absolute Gasteiger partial charge is 0.287 e. The number of H-pyrrole nitrogens is 1. The Bertz CT molecular complexity index is 1170. The van der Waals surface area contributed by atoms with Crippen LogP contribution in [0.3, 0.4) is 0 Å². The monoisotopic (exact) mass is 436 g/mol. The van der Waals surface area contributed by atoms with Crippen LogP contribution >= 0.6 is 0 Å². The first-order valence-electron chi connectivity index (χ1n) is 10.5. The number of hydrogen-bond donors (Lipinski definition) is 2. The van der Waals surface area contributed by atoms with Gasteiger partial charge in [-0.1, -0.05) is 12.1 Å². The normalized spacial score (nSPS) is 14.4. The maximum absolute atomic E-state index is 12.4. The van der Waals surface area contributed by atoms with Crippen LogP contribution in [0.5, 0.6) is 0 Å². The van der Waals surface area contributed by atoms with E-state index in [1.807, 2.05) is 0 Å². The van der Waals surface area contributed by atoms with E-state index in [1.54, 1.807) is 36.4 Å². The molecule has 0 radical (unpaired) electrons. The third-order valence-electron chi connectivity index (χ3n) is 5.56. The van der Waals surface area contributed by atoms with E-state index in [2.05, 4.69) is 25.1 Å². The lowest BCUT2D eigenvalue weighted by atomic mass is 10.2. The van der Waals surface area contributed by atoms with Crippen LogP contribution in [0.1, 0.15) is 17.0 Å². The van der Waals surface area contributed by atoms with E-state index < -0.39 is 10.8 Å². The highest BCUT2D eigenvalue weighted by Crippen LogP contribution is 2.20. The second kappa shape index (κ2) is 9.56. The number of carbonyl (C=O) groups excluding carboxylic acids is 1. The zero-order valence-electron chi connectivity index (χ0n) is 17.5. The molecule has 3 aromatic rings. The Balaban J connectivity index is 1.21. The second-order valence-corrected chi connectivity index (χ2v) is 7.64. The minimum Gasteiger partial charge on any atom is -0.369 e. The number of para-hydroxylation sites is 1. The molecule has 0 atom stereocenters. The molecule has 1 aliphatic heterocycles. The molecule has 1 amide bonds. The molecular formula is C22H24N6O4. The van der Waals surface area contributed by atoms with E-state index in [0.29, 0.717) is 17.4 Å². The van der Waals surface area contributed by atoms with E-state index >= 15 is 0 Å². The Kier molecular flexibility index (Phi) is 6.41. The van der Waals surface area contributed by atoms with Crippen molar-refractivity contribution in [1.29, 1.82) is 0 Å². The predicted octanol–water partition coefficient (Wildman–Crippen LogP) is 1.77. The van der Waals surface area contributed by atoms with Crippen molar-refractivity contribution in [2.45, 2.75) is 6.42 Å². The number of aromatic amines is 1. The molecule has 1 saturated heterocycles. The first kappa shape index (κ1) is 21.4. The van der Waals surface area contributed by atoms with Crippen LogP contribution in [-0.2, 0) is 0 Å². The SMILES string of the molecule is O=C(NCCCN1CCN(c2ccc([N+](=O)[O-])cc2)CC1)c1nc2ccccc2c(=O)[nH]1. The topological polar surface area (TPSA) is 124 Å². The van der Waals surface area contributed by atoms with Crippen molar-refractivity contribution in [3.63, 3.8) is 0 Å². The number of piperazine rings is 1. The molecule has 0 spiro atoms. The molecule has 0 unspecified atom stereocenters. The summed E-state index contributed by atoms with van der Waals surface area (Å²) in [6.07, 6.45) is 0.779. The molecule has 1 fully saturated rings. The van der Waals surface area contributed by atoms with Crippen molar-refractivity contribution in [3.8, 4) is 0 Å². The first-order valence-corrected chi connectivity index (χ1v) is 10.5. The predicted molar refractivity (Wildman–Crippen MR) is 121 cm³/mol. The van der Waals surface area contributed by atoms with Crippen LogP contribution in [0.2, 0.25) is 0 Å². The van der Waals surface area contributed by atoms with Gasteiger partial charge in [-0.2, -0.15) is 0 Å². The number of anilines is 1. The standard InChI is InChI=1S/C22H24N6O4/c29-21-18-4-1-2-5-19(18)24-20(25-21)22(30)23-10-3-11-26-12-14-27(15-13-26)16-6-8-17(9-7-16)28(31)32/h1-2,4-9H,3,10-15H2,(H,23,30)(H,24,25,29). The van der Waals surface area contributed by atoms with Crippen molar-refractivity contribution in [2.24, 2.45) is 0 Å². The number of nitrogens with zero attached hydrogens (tertiary/aromatic N) is 4. The van der Waals surface area contributed by atoms with Gasteiger partial charge in [-0.15, -0.1) is 0 Å². The van der Waals surface area contributed by atoms with Crippen LogP contribution in [0, 0.1) is 10.1 Å². The third kappa shape index (κ3) is 4.92. The van der Waals surface area contributed by atoms with Crippen molar-refractivity contribution < 1.29 is 9.72 Å². The highest BCUT2D eigenvalue weighted by Gasteiger charge is 2.18. The fourth-order valence-corrected chi connectivity index (χ4v) is 3.80. The number of benzene rings is 2. The van der Waals surface area contributed by atoms with Crippen molar-refractivity contribution in [3.05, 3.63) is 74.8 Å². The van der Waals surface area contributed by atoms with E-state index in [0.717, 1.165) is 44.8 Å². The zero-order chi connectivity index (χ0) is 22.5. The van der Waals surface area contributed by atoms with Crippen LogP contribution in [0.25, 0.3) is 10.9 Å². The molecule has 2 N–H and O–H groups in total. The van der Waals surface area contributed by atoms with Crippen molar-refractivity contribution in [2.75, 3.05) is 44.2 Å². The van der Waals surface area contributed by atoms with Crippen molar-refractivity contribution >= 4 is 28.2 Å². The molecular weight excluding hydrogens is 412 g/mol. The average molecular weight is 436 g/mol. The minimum absolute atomic E-state index is 0.0189. The molecule has 1 aliphatic rings. The summed E-state index contributed by atoms with van der Waals surface area (Å²) < 4.78 is 0. The molecule has 4 rings (SSSR count). The van der Waals surface area contributed by atoms with Crippen molar-refractivity contribution in [1.82, 2.24) is 20.2 Å². The maximum atomic E-state index is 12.4. The van der Waals surface area contributed by atoms with Crippen LogP contribution in [0.15, 0.2) is 53.3 Å². The number of hydrogen-bond acceptors (Lipinski definition) is 7. The number of carbonyl (C=O) groups is 1. The number of fused-ring (bicyclic) bond motifs is 1. The number of aromatic nitrogens is 2. The van der Waals surface area contributed by atoms with Crippen LogP contribution in [-0.4, -0.2) is 65.0 Å². The summed E-state index contributed by atoms with van der Waals surface area (Å²) in [6.45, 7) is 4.77. The highest BCUT2D eigenvalue weighted by molar-refractivity contribution is 5.92.